The molecular formula is C19H17N3O2S2. The molecule has 0 bridgehead atoms. The topological polar surface area (TPSA) is 64.1 Å². The van der Waals surface area contributed by atoms with E-state index in [0.29, 0.717) is 0 Å². The van der Waals surface area contributed by atoms with Gasteiger partial charge in [0.05, 0.1) is 12.8 Å². The van der Waals surface area contributed by atoms with Gasteiger partial charge in [0.1, 0.15) is 11.3 Å². The molecule has 0 atom stereocenters. The molecule has 0 unspecified atom stereocenters. The van der Waals surface area contributed by atoms with Crippen molar-refractivity contribution >= 4 is 40.8 Å². The van der Waals surface area contributed by atoms with Crippen molar-refractivity contribution in [1.29, 1.82) is 0 Å². The van der Waals surface area contributed by atoms with Gasteiger partial charge in [0.25, 0.3) is 0 Å². The molecule has 1 N–H and O–H groups in total. The first kappa shape index (κ1) is 18.2. The molecule has 1 aromatic heterocycles. The van der Waals surface area contributed by atoms with E-state index in [9.17, 15) is 4.79 Å². The van der Waals surface area contributed by atoms with Crippen molar-refractivity contribution in [2.45, 2.75) is 16.2 Å². The number of carbonyl (C=O) groups excluding carboxylic acids is 1. The summed E-state index contributed by atoms with van der Waals surface area (Å²) in [6.45, 7) is 2.00. The molecule has 26 heavy (non-hydrogen) atoms. The third-order valence-electron chi connectivity index (χ3n) is 3.48. The van der Waals surface area contributed by atoms with Crippen LogP contribution in [0.2, 0.25) is 0 Å². The Labute approximate surface area is 160 Å². The van der Waals surface area contributed by atoms with E-state index >= 15 is 0 Å². The number of hydrogen-bond acceptors (Lipinski definition) is 6. The second kappa shape index (κ2) is 8.64. The van der Waals surface area contributed by atoms with Gasteiger partial charge in [-0.3, -0.25) is 4.79 Å². The minimum atomic E-state index is -0.209. The first-order valence-electron chi connectivity index (χ1n) is 7.82. The molecule has 0 radical (unpaired) electrons. The molecule has 0 aliphatic carbocycles. The van der Waals surface area contributed by atoms with E-state index in [1.54, 1.807) is 18.7 Å². The first-order chi connectivity index (χ1) is 12.7. The number of anilines is 1. The predicted molar refractivity (Wildman–Crippen MR) is 106 cm³/mol. The van der Waals surface area contributed by atoms with Gasteiger partial charge in [-0.25, -0.2) is 0 Å². The monoisotopic (exact) mass is 383 g/mol. The Bertz CT molecular complexity index is 924. The number of amides is 1. The summed E-state index contributed by atoms with van der Waals surface area (Å²) in [5, 5.41) is 10.8. The summed E-state index contributed by atoms with van der Waals surface area (Å²) in [7, 11) is 1.61. The maximum absolute atomic E-state index is 12.4. The summed E-state index contributed by atoms with van der Waals surface area (Å²) in [5.41, 5.74) is 4.38. The first-order valence-corrected chi connectivity index (χ1v) is 9.52. The number of benzene rings is 2. The molecule has 7 heteroatoms. The lowest BCUT2D eigenvalue weighted by Crippen LogP contribution is -2.08. The van der Waals surface area contributed by atoms with Crippen molar-refractivity contribution in [3.63, 3.8) is 0 Å². The number of methoxy groups -OCH3 is 1. The fourth-order valence-corrected chi connectivity index (χ4v) is 3.81. The molecular weight excluding hydrogens is 366 g/mol. The Morgan fingerprint density at radius 2 is 2.12 bits per heavy atom. The van der Waals surface area contributed by atoms with Crippen LogP contribution in [0.15, 0.2) is 63.3 Å². The molecule has 0 fully saturated rings. The van der Waals surface area contributed by atoms with Crippen molar-refractivity contribution in [1.82, 2.24) is 10.2 Å². The number of rotatable bonds is 6. The molecule has 3 aromatic rings. The Hall–Kier alpha value is -2.64. The SMILES string of the molecule is COc1ccc(C)cc1/C=C/C(=O)Nc1ccccc1Sc1nncs1. The van der Waals surface area contributed by atoms with Crippen molar-refractivity contribution in [2.24, 2.45) is 0 Å². The van der Waals surface area contributed by atoms with Crippen LogP contribution in [-0.2, 0) is 4.79 Å². The zero-order valence-electron chi connectivity index (χ0n) is 14.3. The molecule has 0 saturated heterocycles. The number of carbonyl (C=O) groups is 1. The lowest BCUT2D eigenvalue weighted by molar-refractivity contribution is -0.111. The second-order valence-corrected chi connectivity index (χ2v) is 7.49. The minimum Gasteiger partial charge on any atom is -0.496 e. The quantitative estimate of drug-likeness (QED) is 0.627. The fraction of sp³-hybridized carbons (Fsp3) is 0.105. The zero-order valence-corrected chi connectivity index (χ0v) is 15.9. The lowest BCUT2D eigenvalue weighted by Gasteiger charge is -2.08. The van der Waals surface area contributed by atoms with E-state index in [1.165, 1.54) is 29.2 Å². The summed E-state index contributed by atoms with van der Waals surface area (Å²) in [6, 6.07) is 13.4. The highest BCUT2D eigenvalue weighted by Crippen LogP contribution is 2.33. The number of para-hydroxylation sites is 1. The summed E-state index contributed by atoms with van der Waals surface area (Å²) < 4.78 is 6.16. The van der Waals surface area contributed by atoms with Gasteiger partial charge in [0, 0.05) is 16.5 Å². The van der Waals surface area contributed by atoms with Gasteiger partial charge in [-0.1, -0.05) is 46.9 Å². The summed E-state index contributed by atoms with van der Waals surface area (Å²) in [6.07, 6.45) is 3.26. The predicted octanol–water partition coefficient (Wildman–Crippen LogP) is 4.66. The summed E-state index contributed by atoms with van der Waals surface area (Å²) >= 11 is 2.93. The third kappa shape index (κ3) is 4.71. The Balaban J connectivity index is 1.74. The number of ether oxygens (including phenoxy) is 1. The van der Waals surface area contributed by atoms with Crippen LogP contribution < -0.4 is 10.1 Å². The van der Waals surface area contributed by atoms with Gasteiger partial charge in [0.15, 0.2) is 4.34 Å². The number of aryl methyl sites for hydroxylation is 1. The van der Waals surface area contributed by atoms with E-state index in [-0.39, 0.29) is 5.91 Å². The molecule has 132 valence electrons. The summed E-state index contributed by atoms with van der Waals surface area (Å²) in [4.78, 5) is 13.3. The lowest BCUT2D eigenvalue weighted by atomic mass is 10.1. The second-order valence-electron chi connectivity index (χ2n) is 5.37. The average molecular weight is 383 g/mol. The van der Waals surface area contributed by atoms with Gasteiger partial charge < -0.3 is 10.1 Å². The molecule has 1 heterocycles. The molecule has 0 aliphatic rings. The molecule has 5 nitrogen and oxygen atoms in total. The normalized spacial score (nSPS) is 10.8. The van der Waals surface area contributed by atoms with Crippen LogP contribution in [-0.4, -0.2) is 23.2 Å². The van der Waals surface area contributed by atoms with Crippen molar-refractivity contribution in [3.05, 3.63) is 65.2 Å². The van der Waals surface area contributed by atoms with Crippen LogP contribution in [0.5, 0.6) is 5.75 Å². The van der Waals surface area contributed by atoms with Gasteiger partial charge in [0.2, 0.25) is 5.91 Å². The minimum absolute atomic E-state index is 0.209. The largest absolute Gasteiger partial charge is 0.496 e. The Morgan fingerprint density at radius 3 is 2.88 bits per heavy atom. The van der Waals surface area contributed by atoms with E-state index in [0.717, 1.165) is 31.8 Å². The molecule has 1 amide bonds. The molecule has 3 rings (SSSR count). The van der Waals surface area contributed by atoms with E-state index in [4.69, 9.17) is 4.74 Å². The molecule has 0 aliphatic heterocycles. The maximum Gasteiger partial charge on any atom is 0.248 e. The van der Waals surface area contributed by atoms with Gasteiger partial charge in [-0.2, -0.15) is 0 Å². The van der Waals surface area contributed by atoms with Gasteiger partial charge >= 0.3 is 0 Å². The standard InChI is InChI=1S/C19H17N3O2S2/c1-13-7-9-16(24-2)14(11-13)8-10-18(23)21-15-5-3-4-6-17(15)26-19-22-20-12-25-19/h3-12H,1-2H3,(H,21,23)/b10-8+. The van der Waals surface area contributed by atoms with Gasteiger partial charge in [-0.15, -0.1) is 10.2 Å². The fourth-order valence-electron chi connectivity index (χ4n) is 2.28. The highest BCUT2D eigenvalue weighted by atomic mass is 32.2. The summed E-state index contributed by atoms with van der Waals surface area (Å²) in [5.74, 6) is 0.519. The zero-order chi connectivity index (χ0) is 18.4. The van der Waals surface area contributed by atoms with Gasteiger partial charge in [-0.05, 0) is 37.3 Å². The Morgan fingerprint density at radius 1 is 1.27 bits per heavy atom. The molecule has 0 spiro atoms. The van der Waals surface area contributed by atoms with Crippen molar-refractivity contribution in [2.75, 3.05) is 12.4 Å². The number of aromatic nitrogens is 2. The van der Waals surface area contributed by atoms with E-state index in [1.807, 2.05) is 49.4 Å². The number of nitrogens with zero attached hydrogens (tertiary/aromatic N) is 2. The van der Waals surface area contributed by atoms with Crippen molar-refractivity contribution < 1.29 is 9.53 Å². The van der Waals surface area contributed by atoms with E-state index < -0.39 is 0 Å². The third-order valence-corrected chi connectivity index (χ3v) is 5.34. The average Bonchev–Trinajstić information content (AvgIpc) is 3.15. The maximum atomic E-state index is 12.4. The van der Waals surface area contributed by atoms with Crippen LogP contribution in [0.25, 0.3) is 6.08 Å². The number of hydrogen-bond donors (Lipinski definition) is 1. The van der Waals surface area contributed by atoms with Crippen LogP contribution in [0, 0.1) is 6.92 Å². The van der Waals surface area contributed by atoms with Crippen LogP contribution in [0.1, 0.15) is 11.1 Å². The smallest absolute Gasteiger partial charge is 0.248 e. The van der Waals surface area contributed by atoms with Crippen LogP contribution >= 0.6 is 23.1 Å². The number of nitrogens with one attached hydrogen (secondary N) is 1. The molecule has 2 aromatic carbocycles. The molecule has 0 saturated carbocycles. The van der Waals surface area contributed by atoms with Crippen LogP contribution in [0.4, 0.5) is 5.69 Å². The highest BCUT2D eigenvalue weighted by Gasteiger charge is 2.08. The van der Waals surface area contributed by atoms with Crippen LogP contribution in [0.3, 0.4) is 0 Å². The van der Waals surface area contributed by atoms with Crippen molar-refractivity contribution in [3.8, 4) is 5.75 Å². The highest BCUT2D eigenvalue weighted by molar-refractivity contribution is 8.01. The van der Waals surface area contributed by atoms with E-state index in [2.05, 4.69) is 15.5 Å². The Kier molecular flexibility index (Phi) is 6.04.